The van der Waals surface area contributed by atoms with Crippen LogP contribution in [0.3, 0.4) is 0 Å². The van der Waals surface area contributed by atoms with Crippen LogP contribution in [0.15, 0.2) is 48.5 Å². The predicted molar refractivity (Wildman–Crippen MR) is 105 cm³/mol. The average molecular weight is 365 g/mol. The lowest BCUT2D eigenvalue weighted by Gasteiger charge is -2.16. The Kier molecular flexibility index (Phi) is 5.26. The van der Waals surface area contributed by atoms with Gasteiger partial charge in [0.1, 0.15) is 5.41 Å². The average Bonchev–Trinajstić information content (AvgIpc) is 3.44. The molecule has 2 aromatic rings. The number of anilines is 3. The van der Waals surface area contributed by atoms with Crippen molar-refractivity contribution in [2.24, 2.45) is 5.41 Å². The van der Waals surface area contributed by atoms with Crippen LogP contribution in [0.25, 0.3) is 0 Å². The SMILES string of the molecule is CCc1ccc(NC(=O)C2(C(=O)Nc3cccc(NC(C)=O)c3)CC2)cc1. The third-order valence-corrected chi connectivity index (χ3v) is 4.68. The molecule has 1 saturated carbocycles. The van der Waals surface area contributed by atoms with Crippen LogP contribution in [0.2, 0.25) is 0 Å². The largest absolute Gasteiger partial charge is 0.326 e. The Bertz CT molecular complexity index is 870. The number of nitrogens with one attached hydrogen (secondary N) is 3. The highest BCUT2D eigenvalue weighted by atomic mass is 16.2. The summed E-state index contributed by atoms with van der Waals surface area (Å²) in [7, 11) is 0. The lowest BCUT2D eigenvalue weighted by Crippen LogP contribution is -2.35. The van der Waals surface area contributed by atoms with Crippen LogP contribution >= 0.6 is 0 Å². The van der Waals surface area contributed by atoms with Gasteiger partial charge >= 0.3 is 0 Å². The number of hydrogen-bond acceptors (Lipinski definition) is 3. The maximum Gasteiger partial charge on any atom is 0.240 e. The molecule has 0 saturated heterocycles. The van der Waals surface area contributed by atoms with Gasteiger partial charge in [0.25, 0.3) is 0 Å². The zero-order valence-electron chi connectivity index (χ0n) is 15.5. The van der Waals surface area contributed by atoms with E-state index in [0.29, 0.717) is 29.9 Å². The van der Waals surface area contributed by atoms with Crippen molar-refractivity contribution in [1.29, 1.82) is 0 Å². The van der Waals surface area contributed by atoms with Crippen molar-refractivity contribution in [1.82, 2.24) is 0 Å². The second kappa shape index (κ2) is 7.61. The molecule has 0 aromatic heterocycles. The van der Waals surface area contributed by atoms with Gasteiger partial charge in [-0.15, -0.1) is 0 Å². The van der Waals surface area contributed by atoms with Crippen LogP contribution in [-0.4, -0.2) is 17.7 Å². The highest BCUT2D eigenvalue weighted by Gasteiger charge is 2.56. The minimum absolute atomic E-state index is 0.189. The van der Waals surface area contributed by atoms with Gasteiger partial charge in [-0.05, 0) is 55.2 Å². The maximum absolute atomic E-state index is 12.7. The summed E-state index contributed by atoms with van der Waals surface area (Å²) in [5, 5.41) is 8.30. The van der Waals surface area contributed by atoms with Gasteiger partial charge in [-0.25, -0.2) is 0 Å². The number of carbonyl (C=O) groups excluding carboxylic acids is 3. The van der Waals surface area contributed by atoms with Crippen LogP contribution in [0.4, 0.5) is 17.1 Å². The Hall–Kier alpha value is -3.15. The molecule has 0 bridgehead atoms. The molecule has 6 heteroatoms. The van der Waals surface area contributed by atoms with E-state index in [1.54, 1.807) is 24.3 Å². The van der Waals surface area contributed by atoms with Crippen molar-refractivity contribution in [3.05, 3.63) is 54.1 Å². The van der Waals surface area contributed by atoms with E-state index in [-0.39, 0.29) is 17.7 Å². The quantitative estimate of drug-likeness (QED) is 0.684. The summed E-state index contributed by atoms with van der Waals surface area (Å²) in [5.74, 6) is -0.807. The first-order chi connectivity index (χ1) is 12.9. The van der Waals surface area contributed by atoms with Crippen LogP contribution in [-0.2, 0) is 20.8 Å². The molecular weight excluding hydrogens is 342 g/mol. The van der Waals surface area contributed by atoms with E-state index in [2.05, 4.69) is 22.9 Å². The molecule has 140 valence electrons. The normalized spacial score (nSPS) is 14.1. The fourth-order valence-electron chi connectivity index (χ4n) is 2.89. The van der Waals surface area contributed by atoms with Crippen molar-refractivity contribution >= 4 is 34.8 Å². The molecule has 0 radical (unpaired) electrons. The summed E-state index contributed by atoms with van der Waals surface area (Å²) in [6.07, 6.45) is 1.96. The monoisotopic (exact) mass is 365 g/mol. The van der Waals surface area contributed by atoms with Gasteiger partial charge in [0.15, 0.2) is 0 Å². The summed E-state index contributed by atoms with van der Waals surface area (Å²) >= 11 is 0. The van der Waals surface area contributed by atoms with Gasteiger partial charge in [0, 0.05) is 24.0 Å². The van der Waals surface area contributed by atoms with Gasteiger partial charge in [-0.3, -0.25) is 14.4 Å². The lowest BCUT2D eigenvalue weighted by molar-refractivity contribution is -0.131. The molecule has 0 atom stereocenters. The van der Waals surface area contributed by atoms with Gasteiger partial charge in [0.05, 0.1) is 0 Å². The van der Waals surface area contributed by atoms with E-state index in [1.165, 1.54) is 12.5 Å². The zero-order chi connectivity index (χ0) is 19.4. The second-order valence-electron chi connectivity index (χ2n) is 6.80. The van der Waals surface area contributed by atoms with E-state index >= 15 is 0 Å². The molecule has 0 heterocycles. The molecule has 0 spiro atoms. The summed E-state index contributed by atoms with van der Waals surface area (Å²) in [4.78, 5) is 36.5. The lowest BCUT2D eigenvalue weighted by atomic mass is 10.0. The summed E-state index contributed by atoms with van der Waals surface area (Å²) in [6.45, 7) is 3.49. The van der Waals surface area contributed by atoms with Gasteiger partial charge in [0.2, 0.25) is 17.7 Å². The van der Waals surface area contributed by atoms with Crippen LogP contribution < -0.4 is 16.0 Å². The van der Waals surface area contributed by atoms with Crippen molar-refractivity contribution < 1.29 is 14.4 Å². The van der Waals surface area contributed by atoms with E-state index < -0.39 is 5.41 Å². The molecule has 0 aliphatic heterocycles. The molecule has 3 amide bonds. The smallest absolute Gasteiger partial charge is 0.240 e. The van der Waals surface area contributed by atoms with E-state index in [1.807, 2.05) is 24.3 Å². The first-order valence-corrected chi connectivity index (χ1v) is 9.02. The summed E-state index contributed by atoms with van der Waals surface area (Å²) in [5.41, 5.74) is 1.96. The molecule has 2 aromatic carbocycles. The molecule has 1 aliphatic carbocycles. The Balaban J connectivity index is 1.66. The number of aryl methyl sites for hydroxylation is 1. The molecule has 3 rings (SSSR count). The van der Waals surface area contributed by atoms with Gasteiger partial charge in [-0.1, -0.05) is 25.1 Å². The number of hydrogen-bond donors (Lipinski definition) is 3. The van der Waals surface area contributed by atoms with E-state index in [4.69, 9.17) is 0 Å². The number of benzene rings is 2. The zero-order valence-corrected chi connectivity index (χ0v) is 15.5. The second-order valence-corrected chi connectivity index (χ2v) is 6.80. The topological polar surface area (TPSA) is 87.3 Å². The summed E-state index contributed by atoms with van der Waals surface area (Å²) < 4.78 is 0. The highest BCUT2D eigenvalue weighted by molar-refractivity contribution is 6.17. The first-order valence-electron chi connectivity index (χ1n) is 9.02. The Morgan fingerprint density at radius 1 is 0.852 bits per heavy atom. The Morgan fingerprint density at radius 3 is 1.93 bits per heavy atom. The van der Waals surface area contributed by atoms with Crippen molar-refractivity contribution in [3.8, 4) is 0 Å². The number of rotatable bonds is 6. The molecule has 27 heavy (non-hydrogen) atoms. The maximum atomic E-state index is 12.7. The summed E-state index contributed by atoms with van der Waals surface area (Å²) in [6, 6.07) is 14.5. The third-order valence-electron chi connectivity index (χ3n) is 4.68. The van der Waals surface area contributed by atoms with Crippen LogP contribution in [0, 0.1) is 5.41 Å². The molecule has 0 unspecified atom stereocenters. The highest BCUT2D eigenvalue weighted by Crippen LogP contribution is 2.47. The third kappa shape index (κ3) is 4.34. The molecule has 6 nitrogen and oxygen atoms in total. The molecule has 1 fully saturated rings. The van der Waals surface area contributed by atoms with Crippen molar-refractivity contribution in [3.63, 3.8) is 0 Å². The van der Waals surface area contributed by atoms with Gasteiger partial charge in [-0.2, -0.15) is 0 Å². The van der Waals surface area contributed by atoms with Crippen molar-refractivity contribution in [2.75, 3.05) is 16.0 Å². The Morgan fingerprint density at radius 2 is 1.41 bits per heavy atom. The number of carbonyl (C=O) groups is 3. The van der Waals surface area contributed by atoms with Gasteiger partial charge < -0.3 is 16.0 Å². The standard InChI is InChI=1S/C21H23N3O3/c1-3-15-7-9-16(10-8-15)23-19(26)21(11-12-21)20(27)24-18-6-4-5-17(13-18)22-14(2)25/h4-10,13H,3,11-12H2,1-2H3,(H,22,25)(H,23,26)(H,24,27). The predicted octanol–water partition coefficient (Wildman–Crippen LogP) is 3.56. The first kappa shape index (κ1) is 18.6. The van der Waals surface area contributed by atoms with Crippen LogP contribution in [0.5, 0.6) is 0 Å². The van der Waals surface area contributed by atoms with E-state index in [0.717, 1.165) is 6.42 Å². The molecule has 1 aliphatic rings. The fraction of sp³-hybridized carbons (Fsp3) is 0.286. The molecular formula is C21H23N3O3. The minimum Gasteiger partial charge on any atom is -0.326 e. The Labute approximate surface area is 158 Å². The minimum atomic E-state index is -1.03. The molecule has 3 N–H and O–H groups in total. The fourth-order valence-corrected chi connectivity index (χ4v) is 2.89. The van der Waals surface area contributed by atoms with E-state index in [9.17, 15) is 14.4 Å². The van der Waals surface area contributed by atoms with Crippen LogP contribution in [0.1, 0.15) is 32.3 Å². The van der Waals surface area contributed by atoms with Crippen molar-refractivity contribution in [2.45, 2.75) is 33.1 Å². The number of amides is 3.